The normalized spacial score (nSPS) is 12.8. The van der Waals surface area contributed by atoms with E-state index in [-0.39, 0.29) is 0 Å². The number of hydrogen-bond acceptors (Lipinski definition) is 2. The van der Waals surface area contributed by atoms with E-state index in [1.54, 1.807) is 0 Å². The number of rotatable bonds is 16. The highest BCUT2D eigenvalue weighted by molar-refractivity contribution is 4.49. The zero-order valence-electron chi connectivity index (χ0n) is 14.0. The van der Waals surface area contributed by atoms with E-state index in [1.807, 2.05) is 0 Å². The minimum Gasteiger partial charge on any atom is -0.368 e. The highest BCUT2D eigenvalue weighted by Crippen LogP contribution is 2.11. The van der Waals surface area contributed by atoms with Gasteiger partial charge in [0.05, 0.1) is 0 Å². The molecule has 20 heavy (non-hydrogen) atoms. The van der Waals surface area contributed by atoms with Gasteiger partial charge in [0.25, 0.3) is 0 Å². The standard InChI is InChI=1S/C18H38O2/c1-3-5-7-9-11-12-14-16-18(19)20-17-15-13-10-8-6-4-2/h18-19H,3-17H2,1-2H3. The number of aliphatic hydroxyl groups is 1. The van der Waals surface area contributed by atoms with Crippen molar-refractivity contribution in [1.82, 2.24) is 0 Å². The Morgan fingerprint density at radius 2 is 1.10 bits per heavy atom. The van der Waals surface area contributed by atoms with Crippen LogP contribution in [0.1, 0.15) is 104 Å². The van der Waals surface area contributed by atoms with Gasteiger partial charge in [0.1, 0.15) is 0 Å². The smallest absolute Gasteiger partial charge is 0.154 e. The molecule has 0 radical (unpaired) electrons. The molecule has 122 valence electrons. The van der Waals surface area contributed by atoms with Crippen LogP contribution in [0.4, 0.5) is 0 Å². The first-order chi connectivity index (χ1) is 9.81. The van der Waals surface area contributed by atoms with Crippen LogP contribution in [0.25, 0.3) is 0 Å². The maximum atomic E-state index is 9.71. The van der Waals surface area contributed by atoms with Crippen molar-refractivity contribution in [3.63, 3.8) is 0 Å². The van der Waals surface area contributed by atoms with Crippen LogP contribution in [0.5, 0.6) is 0 Å². The molecule has 1 atom stereocenters. The van der Waals surface area contributed by atoms with E-state index in [0.717, 1.165) is 25.9 Å². The van der Waals surface area contributed by atoms with Crippen LogP contribution in [-0.2, 0) is 4.74 Å². The Bertz CT molecular complexity index is 153. The highest BCUT2D eigenvalue weighted by Gasteiger charge is 2.03. The third-order valence-electron chi connectivity index (χ3n) is 3.86. The van der Waals surface area contributed by atoms with Gasteiger partial charge in [-0.1, -0.05) is 84.5 Å². The van der Waals surface area contributed by atoms with Gasteiger partial charge in [-0.25, -0.2) is 0 Å². The molecule has 0 aromatic carbocycles. The molecule has 0 heterocycles. The Morgan fingerprint density at radius 1 is 0.650 bits per heavy atom. The van der Waals surface area contributed by atoms with Crippen molar-refractivity contribution in [2.24, 2.45) is 0 Å². The van der Waals surface area contributed by atoms with E-state index in [2.05, 4.69) is 13.8 Å². The molecule has 0 aliphatic heterocycles. The molecule has 0 aromatic heterocycles. The van der Waals surface area contributed by atoms with Crippen molar-refractivity contribution in [1.29, 1.82) is 0 Å². The van der Waals surface area contributed by atoms with E-state index >= 15 is 0 Å². The van der Waals surface area contributed by atoms with Gasteiger partial charge in [-0.3, -0.25) is 0 Å². The van der Waals surface area contributed by atoms with E-state index < -0.39 is 6.29 Å². The summed E-state index contributed by atoms with van der Waals surface area (Å²) in [4.78, 5) is 0. The average Bonchev–Trinajstić information content (AvgIpc) is 2.45. The fraction of sp³-hybridized carbons (Fsp3) is 1.00. The predicted octanol–water partition coefficient (Wildman–Crippen LogP) is 5.82. The summed E-state index contributed by atoms with van der Waals surface area (Å²) in [5.41, 5.74) is 0. The molecular formula is C18H38O2. The summed E-state index contributed by atoms with van der Waals surface area (Å²) in [6.45, 7) is 5.21. The first kappa shape index (κ1) is 19.9. The highest BCUT2D eigenvalue weighted by atomic mass is 16.6. The molecule has 1 N–H and O–H groups in total. The monoisotopic (exact) mass is 286 g/mol. The van der Waals surface area contributed by atoms with Gasteiger partial charge in [-0.15, -0.1) is 0 Å². The molecule has 1 unspecified atom stereocenters. The van der Waals surface area contributed by atoms with Crippen molar-refractivity contribution in [2.75, 3.05) is 6.61 Å². The Balaban J connectivity index is 3.11. The molecule has 2 heteroatoms. The lowest BCUT2D eigenvalue weighted by molar-refractivity contribution is -0.105. The lowest BCUT2D eigenvalue weighted by Gasteiger charge is -2.11. The second-order valence-electron chi connectivity index (χ2n) is 6.00. The molecule has 0 saturated carbocycles. The minimum absolute atomic E-state index is 0.527. The van der Waals surface area contributed by atoms with E-state index in [0.29, 0.717) is 0 Å². The van der Waals surface area contributed by atoms with Crippen molar-refractivity contribution in [2.45, 2.75) is 110 Å². The fourth-order valence-corrected chi connectivity index (χ4v) is 2.46. The van der Waals surface area contributed by atoms with E-state index in [1.165, 1.54) is 70.6 Å². The molecule has 0 aliphatic carbocycles. The van der Waals surface area contributed by atoms with Gasteiger partial charge in [0.2, 0.25) is 0 Å². The largest absolute Gasteiger partial charge is 0.368 e. The number of aliphatic hydroxyl groups excluding tert-OH is 1. The molecule has 0 aliphatic rings. The Morgan fingerprint density at radius 3 is 1.65 bits per heavy atom. The molecule has 0 amide bonds. The summed E-state index contributed by atoms with van der Waals surface area (Å²) >= 11 is 0. The first-order valence-corrected chi connectivity index (χ1v) is 9.11. The topological polar surface area (TPSA) is 29.5 Å². The molecule has 0 fully saturated rings. The van der Waals surface area contributed by atoms with Gasteiger partial charge >= 0.3 is 0 Å². The summed E-state index contributed by atoms with van der Waals surface area (Å²) < 4.78 is 5.45. The fourth-order valence-electron chi connectivity index (χ4n) is 2.46. The SMILES string of the molecule is CCCCCCCCCC(O)OCCCCCCCC. The summed E-state index contributed by atoms with van der Waals surface area (Å²) in [6.07, 6.45) is 17.0. The molecule has 0 aromatic rings. The summed E-state index contributed by atoms with van der Waals surface area (Å²) in [6, 6.07) is 0. The second kappa shape index (κ2) is 17.0. The van der Waals surface area contributed by atoms with Gasteiger partial charge in [0.15, 0.2) is 6.29 Å². The minimum atomic E-state index is -0.527. The first-order valence-electron chi connectivity index (χ1n) is 9.11. The number of unbranched alkanes of at least 4 members (excludes halogenated alkanes) is 11. The quantitative estimate of drug-likeness (QED) is 0.286. The molecule has 0 saturated heterocycles. The molecule has 0 bridgehead atoms. The van der Waals surface area contributed by atoms with Crippen LogP contribution < -0.4 is 0 Å². The zero-order chi connectivity index (χ0) is 14.9. The molecule has 0 rings (SSSR count). The van der Waals surface area contributed by atoms with Crippen molar-refractivity contribution < 1.29 is 9.84 Å². The van der Waals surface area contributed by atoms with Crippen molar-refractivity contribution in [3.05, 3.63) is 0 Å². The van der Waals surface area contributed by atoms with E-state index in [4.69, 9.17) is 4.74 Å². The molecule has 0 spiro atoms. The Hall–Kier alpha value is -0.0800. The van der Waals surface area contributed by atoms with Gasteiger partial charge in [0, 0.05) is 6.61 Å². The van der Waals surface area contributed by atoms with Crippen LogP contribution in [0.3, 0.4) is 0 Å². The van der Waals surface area contributed by atoms with Crippen molar-refractivity contribution in [3.8, 4) is 0 Å². The third kappa shape index (κ3) is 16.0. The maximum absolute atomic E-state index is 9.71. The van der Waals surface area contributed by atoms with Gasteiger partial charge in [-0.05, 0) is 19.3 Å². The summed E-state index contributed by atoms with van der Waals surface area (Å²) in [7, 11) is 0. The summed E-state index contributed by atoms with van der Waals surface area (Å²) in [5, 5.41) is 9.71. The lowest BCUT2D eigenvalue weighted by atomic mass is 10.1. The predicted molar refractivity (Wildman–Crippen MR) is 87.9 cm³/mol. The van der Waals surface area contributed by atoms with Crippen LogP contribution in [-0.4, -0.2) is 18.0 Å². The van der Waals surface area contributed by atoms with Crippen LogP contribution in [0.2, 0.25) is 0 Å². The maximum Gasteiger partial charge on any atom is 0.154 e. The Kier molecular flexibility index (Phi) is 16.9. The van der Waals surface area contributed by atoms with Gasteiger partial charge in [-0.2, -0.15) is 0 Å². The number of hydrogen-bond donors (Lipinski definition) is 1. The van der Waals surface area contributed by atoms with Crippen molar-refractivity contribution >= 4 is 0 Å². The van der Waals surface area contributed by atoms with Crippen LogP contribution >= 0.6 is 0 Å². The molecular weight excluding hydrogens is 248 g/mol. The zero-order valence-corrected chi connectivity index (χ0v) is 14.0. The lowest BCUT2D eigenvalue weighted by Crippen LogP contribution is -2.12. The van der Waals surface area contributed by atoms with Crippen LogP contribution in [0, 0.1) is 0 Å². The summed E-state index contributed by atoms with van der Waals surface area (Å²) in [5.74, 6) is 0. The average molecular weight is 286 g/mol. The van der Waals surface area contributed by atoms with E-state index in [9.17, 15) is 5.11 Å². The third-order valence-corrected chi connectivity index (χ3v) is 3.86. The number of ether oxygens (including phenoxy) is 1. The second-order valence-corrected chi connectivity index (χ2v) is 6.00. The Labute approximate surface area is 127 Å². The molecule has 2 nitrogen and oxygen atoms in total. The van der Waals surface area contributed by atoms with Gasteiger partial charge < -0.3 is 9.84 Å². The van der Waals surface area contributed by atoms with Crippen LogP contribution in [0.15, 0.2) is 0 Å².